The van der Waals surface area contributed by atoms with Crippen molar-refractivity contribution in [3.8, 4) is 22.1 Å². The van der Waals surface area contributed by atoms with E-state index in [1.807, 2.05) is 30.3 Å². The van der Waals surface area contributed by atoms with Gasteiger partial charge in [-0.1, -0.05) is 41.4 Å². The summed E-state index contributed by atoms with van der Waals surface area (Å²) in [4.78, 5) is 4.73. The number of hydrogen-bond acceptors (Lipinski definition) is 4. The molecule has 0 saturated heterocycles. The minimum absolute atomic E-state index is 0.322. The molecule has 0 fully saturated rings. The second kappa shape index (κ2) is 8.45. The number of rotatable bonds is 5. The number of ether oxygens (including phenoxy) is 2. The number of fused-ring (bicyclic) bond motifs is 1. The van der Waals surface area contributed by atoms with E-state index in [1.54, 1.807) is 30.6 Å². The molecule has 7 heteroatoms. The Morgan fingerprint density at radius 1 is 1.07 bits per heavy atom. The van der Waals surface area contributed by atoms with E-state index in [-0.39, 0.29) is 0 Å². The predicted octanol–water partition coefficient (Wildman–Crippen LogP) is 7.46. The molecule has 4 aromatic rings. The molecule has 0 unspecified atom stereocenters. The molecule has 1 heterocycles. The highest BCUT2D eigenvalue weighted by Gasteiger charge is 2.16. The van der Waals surface area contributed by atoms with Gasteiger partial charge in [0.15, 0.2) is 11.5 Å². The van der Waals surface area contributed by atoms with Crippen LogP contribution < -0.4 is 9.47 Å². The van der Waals surface area contributed by atoms with E-state index >= 15 is 0 Å². The summed E-state index contributed by atoms with van der Waals surface area (Å²) in [6.45, 7) is 0.322. The van der Waals surface area contributed by atoms with Crippen LogP contribution in [0, 0.1) is 3.57 Å². The highest BCUT2D eigenvalue weighted by atomic mass is 127. The quantitative estimate of drug-likeness (QED) is 0.246. The first-order chi connectivity index (χ1) is 13.5. The number of aromatic nitrogens is 1. The van der Waals surface area contributed by atoms with Gasteiger partial charge in [-0.2, -0.15) is 0 Å². The highest BCUT2D eigenvalue weighted by molar-refractivity contribution is 14.1. The van der Waals surface area contributed by atoms with Crippen LogP contribution in [0.4, 0.5) is 0 Å². The topological polar surface area (TPSA) is 31.4 Å². The van der Waals surface area contributed by atoms with E-state index in [4.69, 9.17) is 37.7 Å². The first kappa shape index (κ1) is 19.8. The Morgan fingerprint density at radius 3 is 2.64 bits per heavy atom. The predicted molar refractivity (Wildman–Crippen MR) is 125 cm³/mol. The molecule has 1 aromatic heterocycles. The molecule has 4 rings (SSSR count). The van der Waals surface area contributed by atoms with Crippen LogP contribution in [0.1, 0.15) is 5.56 Å². The molecule has 0 N–H and O–H groups in total. The summed E-state index contributed by atoms with van der Waals surface area (Å²) in [5.41, 5.74) is 2.85. The zero-order valence-electron chi connectivity index (χ0n) is 14.7. The Hall–Kier alpha value is -1.54. The van der Waals surface area contributed by atoms with Crippen LogP contribution in [0.25, 0.3) is 20.8 Å². The first-order valence-corrected chi connectivity index (χ1v) is 11.0. The van der Waals surface area contributed by atoms with Crippen LogP contribution in [0.15, 0.2) is 54.6 Å². The molecule has 0 bridgehead atoms. The molecule has 28 heavy (non-hydrogen) atoms. The lowest BCUT2D eigenvalue weighted by atomic mass is 10.2. The van der Waals surface area contributed by atoms with Gasteiger partial charge in [-0.05, 0) is 59.0 Å². The van der Waals surface area contributed by atoms with Gasteiger partial charge in [-0.15, -0.1) is 11.3 Å². The summed E-state index contributed by atoms with van der Waals surface area (Å²) in [5.74, 6) is 1.34. The fourth-order valence-electron chi connectivity index (χ4n) is 2.77. The van der Waals surface area contributed by atoms with Gasteiger partial charge in [-0.25, -0.2) is 4.98 Å². The lowest BCUT2D eigenvalue weighted by molar-refractivity contribution is 0.282. The lowest BCUT2D eigenvalue weighted by Gasteiger charge is -2.14. The third-order valence-electron chi connectivity index (χ3n) is 4.16. The van der Waals surface area contributed by atoms with Crippen molar-refractivity contribution in [2.24, 2.45) is 0 Å². The lowest BCUT2D eigenvalue weighted by Crippen LogP contribution is -2.00. The Bertz CT molecular complexity index is 1130. The maximum absolute atomic E-state index is 6.25. The molecule has 0 amide bonds. The SMILES string of the molecule is COc1cc(-c2nc3ccccc3s2)cc(I)c1OCc1ccc(Cl)cc1Cl. The molecule has 142 valence electrons. The van der Waals surface area contributed by atoms with Gasteiger partial charge < -0.3 is 9.47 Å². The number of halogens is 3. The summed E-state index contributed by atoms with van der Waals surface area (Å²) < 4.78 is 13.7. The molecule has 0 aliphatic carbocycles. The van der Waals surface area contributed by atoms with Crippen LogP contribution in [0.2, 0.25) is 10.0 Å². The minimum atomic E-state index is 0.322. The number of methoxy groups -OCH3 is 1. The van der Waals surface area contributed by atoms with Gasteiger partial charge >= 0.3 is 0 Å². The van der Waals surface area contributed by atoms with E-state index in [0.29, 0.717) is 28.2 Å². The highest BCUT2D eigenvalue weighted by Crippen LogP contribution is 2.40. The van der Waals surface area contributed by atoms with E-state index in [9.17, 15) is 0 Å². The number of benzene rings is 3. The molecule has 0 aliphatic heterocycles. The standard InChI is InChI=1S/C21H14Cl2INO2S/c1-26-18-9-13(21-25-17-4-2-3-5-19(17)28-21)8-16(24)20(18)27-11-12-6-7-14(22)10-15(12)23/h2-10H,11H2,1H3. The Morgan fingerprint density at radius 2 is 1.89 bits per heavy atom. The molecular weight excluding hydrogens is 528 g/mol. The average Bonchev–Trinajstić information content (AvgIpc) is 3.12. The summed E-state index contributed by atoms with van der Waals surface area (Å²) in [6.07, 6.45) is 0. The maximum atomic E-state index is 6.25. The Labute approximate surface area is 190 Å². The fraction of sp³-hybridized carbons (Fsp3) is 0.0952. The van der Waals surface area contributed by atoms with Gasteiger partial charge in [0.2, 0.25) is 0 Å². The van der Waals surface area contributed by atoms with E-state index in [1.165, 1.54) is 0 Å². The van der Waals surface area contributed by atoms with Crippen molar-refractivity contribution in [1.82, 2.24) is 4.98 Å². The fourth-order valence-corrected chi connectivity index (χ4v) is 4.94. The van der Waals surface area contributed by atoms with Crippen molar-refractivity contribution < 1.29 is 9.47 Å². The van der Waals surface area contributed by atoms with Crippen LogP contribution in [0.5, 0.6) is 11.5 Å². The summed E-state index contributed by atoms with van der Waals surface area (Å²) in [5, 5.41) is 2.12. The number of thiazole rings is 1. The van der Waals surface area contributed by atoms with Gasteiger partial charge in [0, 0.05) is 21.2 Å². The largest absolute Gasteiger partial charge is 0.493 e. The first-order valence-electron chi connectivity index (χ1n) is 8.35. The molecule has 3 nitrogen and oxygen atoms in total. The van der Waals surface area contributed by atoms with E-state index in [2.05, 4.69) is 34.7 Å². The average molecular weight is 542 g/mol. The smallest absolute Gasteiger partial charge is 0.174 e. The van der Waals surface area contributed by atoms with E-state index in [0.717, 1.165) is 29.9 Å². The molecular formula is C21H14Cl2INO2S. The number of para-hydroxylation sites is 1. The third-order valence-corrected chi connectivity index (χ3v) is 6.63. The molecule has 0 atom stereocenters. The van der Waals surface area contributed by atoms with Crippen LogP contribution >= 0.6 is 57.1 Å². The van der Waals surface area contributed by atoms with Crippen LogP contribution in [0.3, 0.4) is 0 Å². The minimum Gasteiger partial charge on any atom is -0.493 e. The van der Waals surface area contributed by atoms with Crippen molar-refractivity contribution >= 4 is 67.3 Å². The summed E-state index contributed by atoms with van der Waals surface area (Å²) in [7, 11) is 1.63. The van der Waals surface area contributed by atoms with Crippen molar-refractivity contribution in [1.29, 1.82) is 0 Å². The Kier molecular flexibility index (Phi) is 5.96. The summed E-state index contributed by atoms with van der Waals surface area (Å²) >= 11 is 16.1. The Balaban J connectivity index is 1.65. The molecule has 0 saturated carbocycles. The molecule has 0 spiro atoms. The van der Waals surface area contributed by atoms with Gasteiger partial charge in [0.05, 0.1) is 20.9 Å². The second-order valence-electron chi connectivity index (χ2n) is 6.00. The van der Waals surface area contributed by atoms with Crippen LogP contribution in [-0.4, -0.2) is 12.1 Å². The number of nitrogens with zero attached hydrogens (tertiary/aromatic N) is 1. The zero-order chi connectivity index (χ0) is 19.7. The zero-order valence-corrected chi connectivity index (χ0v) is 19.2. The maximum Gasteiger partial charge on any atom is 0.174 e. The van der Waals surface area contributed by atoms with E-state index < -0.39 is 0 Å². The molecule has 0 radical (unpaired) electrons. The van der Waals surface area contributed by atoms with Crippen molar-refractivity contribution in [2.75, 3.05) is 7.11 Å². The van der Waals surface area contributed by atoms with Crippen LogP contribution in [-0.2, 0) is 6.61 Å². The molecule has 0 aliphatic rings. The number of hydrogen-bond donors (Lipinski definition) is 0. The van der Waals surface area contributed by atoms with Crippen molar-refractivity contribution in [3.63, 3.8) is 0 Å². The normalized spacial score (nSPS) is 11.0. The van der Waals surface area contributed by atoms with Crippen molar-refractivity contribution in [3.05, 3.63) is 73.8 Å². The second-order valence-corrected chi connectivity index (χ2v) is 9.04. The van der Waals surface area contributed by atoms with Gasteiger partial charge in [0.25, 0.3) is 0 Å². The van der Waals surface area contributed by atoms with Gasteiger partial charge in [0.1, 0.15) is 11.6 Å². The van der Waals surface area contributed by atoms with Crippen molar-refractivity contribution in [2.45, 2.75) is 6.61 Å². The third kappa shape index (κ3) is 4.08. The molecule has 3 aromatic carbocycles. The van der Waals surface area contributed by atoms with Gasteiger partial charge in [-0.3, -0.25) is 0 Å². The summed E-state index contributed by atoms with van der Waals surface area (Å²) in [6, 6.07) is 17.5. The monoisotopic (exact) mass is 541 g/mol.